The van der Waals surface area contributed by atoms with Crippen molar-refractivity contribution >= 4 is 0 Å². The van der Waals surface area contributed by atoms with Crippen molar-refractivity contribution in [3.05, 3.63) is 0 Å². The predicted molar refractivity (Wildman–Crippen MR) is 53.0 cm³/mol. The van der Waals surface area contributed by atoms with E-state index in [1.165, 1.54) is 0 Å². The molecule has 0 heterocycles. The van der Waals surface area contributed by atoms with Crippen LogP contribution in [0.1, 0.15) is 38.5 Å². The number of aliphatic hydroxyl groups is 1. The zero-order chi connectivity index (χ0) is 10.2. The van der Waals surface area contributed by atoms with Crippen LogP contribution in [0.5, 0.6) is 0 Å². The first-order chi connectivity index (χ1) is 6.68. The summed E-state index contributed by atoms with van der Waals surface area (Å²) in [6.07, 6.45) is 11.2. The maximum absolute atomic E-state index is 10.5. The fourth-order valence-electron chi connectivity index (χ4n) is 2.69. The fourth-order valence-corrected chi connectivity index (χ4v) is 2.69. The number of nitriles is 1. The van der Waals surface area contributed by atoms with Crippen LogP contribution in [-0.4, -0.2) is 10.7 Å². The second kappa shape index (κ2) is 3.01. The SMILES string of the molecule is C#CC(O)(C1CCCC1)C1(C#N)CC1. The lowest BCUT2D eigenvalue weighted by molar-refractivity contribution is -0.00644. The number of rotatable bonds is 2. The van der Waals surface area contributed by atoms with E-state index in [1.807, 2.05) is 0 Å². The summed E-state index contributed by atoms with van der Waals surface area (Å²) in [4.78, 5) is 0. The van der Waals surface area contributed by atoms with Gasteiger partial charge in [0.05, 0.1) is 11.5 Å². The molecule has 0 bridgehead atoms. The molecule has 2 saturated carbocycles. The van der Waals surface area contributed by atoms with E-state index in [9.17, 15) is 5.11 Å². The van der Waals surface area contributed by atoms with Gasteiger partial charge in [-0.3, -0.25) is 0 Å². The molecule has 0 aromatic rings. The lowest BCUT2D eigenvalue weighted by atomic mass is 9.74. The van der Waals surface area contributed by atoms with E-state index < -0.39 is 11.0 Å². The third-order valence-corrected chi connectivity index (χ3v) is 3.86. The van der Waals surface area contributed by atoms with Crippen molar-refractivity contribution in [3.63, 3.8) is 0 Å². The topological polar surface area (TPSA) is 44.0 Å². The van der Waals surface area contributed by atoms with Crippen molar-refractivity contribution in [3.8, 4) is 18.4 Å². The standard InChI is InChI=1S/C12H15NO/c1-2-12(14,10-5-3-4-6-10)11(9-13)7-8-11/h1,10,14H,3-8H2. The van der Waals surface area contributed by atoms with Gasteiger partial charge in [-0.1, -0.05) is 18.8 Å². The van der Waals surface area contributed by atoms with E-state index >= 15 is 0 Å². The van der Waals surface area contributed by atoms with Gasteiger partial charge in [-0.15, -0.1) is 6.42 Å². The Labute approximate surface area is 84.9 Å². The summed E-state index contributed by atoms with van der Waals surface area (Å²) in [5.41, 5.74) is -1.77. The van der Waals surface area contributed by atoms with Crippen LogP contribution in [0.25, 0.3) is 0 Å². The van der Waals surface area contributed by atoms with Gasteiger partial charge in [0.1, 0.15) is 5.60 Å². The molecule has 2 rings (SSSR count). The van der Waals surface area contributed by atoms with Crippen molar-refractivity contribution in [1.29, 1.82) is 5.26 Å². The summed E-state index contributed by atoms with van der Waals surface area (Å²) < 4.78 is 0. The first-order valence-corrected chi connectivity index (χ1v) is 5.30. The fraction of sp³-hybridized carbons (Fsp3) is 0.750. The molecule has 0 spiro atoms. The molecular weight excluding hydrogens is 174 g/mol. The molecule has 2 heteroatoms. The Hall–Kier alpha value is -0.990. The molecule has 0 amide bonds. The van der Waals surface area contributed by atoms with Crippen LogP contribution in [-0.2, 0) is 0 Å². The first-order valence-electron chi connectivity index (χ1n) is 5.30. The van der Waals surface area contributed by atoms with E-state index in [4.69, 9.17) is 11.7 Å². The molecule has 0 saturated heterocycles. The summed E-state index contributed by atoms with van der Waals surface area (Å²) in [6, 6.07) is 2.23. The van der Waals surface area contributed by atoms with Crippen molar-refractivity contribution in [1.82, 2.24) is 0 Å². The highest BCUT2D eigenvalue weighted by atomic mass is 16.3. The smallest absolute Gasteiger partial charge is 0.146 e. The molecule has 2 aliphatic rings. The van der Waals surface area contributed by atoms with Gasteiger partial charge in [0.2, 0.25) is 0 Å². The zero-order valence-electron chi connectivity index (χ0n) is 8.29. The molecule has 1 unspecified atom stereocenters. The van der Waals surface area contributed by atoms with Crippen LogP contribution in [0, 0.1) is 35.0 Å². The predicted octanol–water partition coefficient (Wildman–Crippen LogP) is 1.84. The minimum absolute atomic E-state index is 0.148. The van der Waals surface area contributed by atoms with Gasteiger partial charge in [0, 0.05) is 5.92 Å². The third-order valence-electron chi connectivity index (χ3n) is 3.86. The highest BCUT2D eigenvalue weighted by Crippen LogP contribution is 2.58. The maximum Gasteiger partial charge on any atom is 0.146 e. The number of nitrogens with zero attached hydrogens (tertiary/aromatic N) is 1. The summed E-state index contributed by atoms with van der Waals surface area (Å²) in [5.74, 6) is 2.65. The highest BCUT2D eigenvalue weighted by Gasteiger charge is 2.62. The van der Waals surface area contributed by atoms with Crippen LogP contribution in [0.15, 0.2) is 0 Å². The molecule has 2 fully saturated rings. The van der Waals surface area contributed by atoms with Crippen LogP contribution in [0.4, 0.5) is 0 Å². The van der Waals surface area contributed by atoms with Gasteiger partial charge < -0.3 is 5.11 Å². The number of terminal acetylenes is 1. The van der Waals surface area contributed by atoms with Gasteiger partial charge in [-0.2, -0.15) is 5.26 Å². The van der Waals surface area contributed by atoms with E-state index in [1.54, 1.807) is 0 Å². The minimum Gasteiger partial charge on any atom is -0.376 e. The Morgan fingerprint density at radius 3 is 2.29 bits per heavy atom. The van der Waals surface area contributed by atoms with Crippen LogP contribution < -0.4 is 0 Å². The molecule has 0 radical (unpaired) electrons. The van der Waals surface area contributed by atoms with E-state index in [0.29, 0.717) is 0 Å². The molecule has 1 N–H and O–H groups in total. The van der Waals surface area contributed by atoms with Gasteiger partial charge in [-0.05, 0) is 25.7 Å². The molecule has 0 aromatic heterocycles. The second-order valence-electron chi connectivity index (χ2n) is 4.59. The maximum atomic E-state index is 10.5. The number of hydrogen-bond donors (Lipinski definition) is 1. The monoisotopic (exact) mass is 189 g/mol. The molecule has 0 aromatic carbocycles. The lowest BCUT2D eigenvalue weighted by Crippen LogP contribution is -2.43. The Bertz CT molecular complexity index is 312. The molecule has 1 atom stereocenters. The summed E-state index contributed by atoms with van der Waals surface area (Å²) in [7, 11) is 0. The average Bonchev–Trinajstić information content (AvgIpc) is 2.84. The number of hydrogen-bond acceptors (Lipinski definition) is 2. The van der Waals surface area contributed by atoms with Gasteiger partial charge in [-0.25, -0.2) is 0 Å². The van der Waals surface area contributed by atoms with Crippen molar-refractivity contribution < 1.29 is 5.11 Å². The van der Waals surface area contributed by atoms with Crippen LogP contribution in [0.3, 0.4) is 0 Å². The quantitative estimate of drug-likeness (QED) is 0.674. The molecule has 14 heavy (non-hydrogen) atoms. The van der Waals surface area contributed by atoms with Gasteiger partial charge >= 0.3 is 0 Å². The molecule has 74 valence electrons. The molecule has 0 aliphatic heterocycles. The van der Waals surface area contributed by atoms with Crippen molar-refractivity contribution in [2.45, 2.75) is 44.1 Å². The largest absolute Gasteiger partial charge is 0.376 e. The Balaban J connectivity index is 2.26. The van der Waals surface area contributed by atoms with Gasteiger partial charge in [0.25, 0.3) is 0 Å². The Morgan fingerprint density at radius 1 is 1.36 bits per heavy atom. The third kappa shape index (κ3) is 1.08. The molecule has 2 nitrogen and oxygen atoms in total. The summed E-state index contributed by atoms with van der Waals surface area (Å²) in [6.45, 7) is 0. The summed E-state index contributed by atoms with van der Waals surface area (Å²) in [5, 5.41) is 19.5. The minimum atomic E-state index is -1.15. The Morgan fingerprint density at radius 2 is 1.93 bits per heavy atom. The Kier molecular flexibility index (Phi) is 2.05. The summed E-state index contributed by atoms with van der Waals surface area (Å²) >= 11 is 0. The van der Waals surface area contributed by atoms with E-state index in [2.05, 4.69) is 12.0 Å². The van der Waals surface area contributed by atoms with Crippen molar-refractivity contribution in [2.75, 3.05) is 0 Å². The van der Waals surface area contributed by atoms with Crippen LogP contribution in [0.2, 0.25) is 0 Å². The van der Waals surface area contributed by atoms with E-state index in [0.717, 1.165) is 38.5 Å². The second-order valence-corrected chi connectivity index (χ2v) is 4.59. The lowest BCUT2D eigenvalue weighted by Gasteiger charge is -2.33. The molecular formula is C12H15NO. The van der Waals surface area contributed by atoms with Crippen molar-refractivity contribution in [2.24, 2.45) is 11.3 Å². The van der Waals surface area contributed by atoms with Crippen LogP contribution >= 0.6 is 0 Å². The normalized spacial score (nSPS) is 28.8. The zero-order valence-corrected chi connectivity index (χ0v) is 8.29. The molecule has 2 aliphatic carbocycles. The van der Waals surface area contributed by atoms with Gasteiger partial charge in [0.15, 0.2) is 0 Å². The highest BCUT2D eigenvalue weighted by molar-refractivity contribution is 5.31. The average molecular weight is 189 g/mol. The first kappa shape index (κ1) is 9.56. The van der Waals surface area contributed by atoms with E-state index in [-0.39, 0.29) is 5.92 Å².